The van der Waals surface area contributed by atoms with Gasteiger partial charge in [0, 0.05) is 0 Å². The minimum absolute atomic E-state index is 0.939. The van der Waals surface area contributed by atoms with Gasteiger partial charge in [0.2, 0.25) is 0 Å². The van der Waals surface area contributed by atoms with Gasteiger partial charge in [-0.3, -0.25) is 5.73 Å². The molecule has 0 saturated carbocycles. The molecule has 72 valence electrons. The van der Waals surface area contributed by atoms with Crippen LogP contribution in [0, 0.1) is 0 Å². The van der Waals surface area contributed by atoms with Crippen molar-refractivity contribution in [2.75, 3.05) is 0 Å². The van der Waals surface area contributed by atoms with E-state index < -0.39 is 30.3 Å². The summed E-state index contributed by atoms with van der Waals surface area (Å²) < 4.78 is 4.65. The first-order valence-electron chi connectivity index (χ1n) is 3.58. The topological polar surface area (TPSA) is 116 Å². The highest BCUT2D eigenvalue weighted by molar-refractivity contribution is 4.95. The number of ether oxygens (including phenoxy) is 1. The lowest BCUT2D eigenvalue weighted by molar-refractivity contribution is -0.310. The average Bonchev–Trinajstić information content (AvgIpc) is 1.99. The van der Waals surface area contributed by atoms with Crippen LogP contribution in [0.15, 0.2) is 0 Å². The van der Waals surface area contributed by atoms with E-state index in [0.717, 1.165) is 0 Å². The average molecular weight is 179 g/mol. The van der Waals surface area contributed by atoms with Crippen molar-refractivity contribution in [1.82, 2.24) is 0 Å². The van der Waals surface area contributed by atoms with E-state index in [2.05, 4.69) is 4.74 Å². The van der Waals surface area contributed by atoms with Crippen LogP contribution < -0.4 is 5.73 Å². The van der Waals surface area contributed by atoms with Crippen molar-refractivity contribution >= 4 is 0 Å². The highest BCUT2D eigenvalue weighted by atomic mass is 16.6. The molecule has 1 aliphatic heterocycles. The molecule has 1 fully saturated rings. The molecule has 0 radical (unpaired) electrons. The fourth-order valence-corrected chi connectivity index (χ4v) is 1.07. The quantitative estimate of drug-likeness (QED) is 0.255. The number of hydrogen-bond acceptors (Lipinski definition) is 6. The Morgan fingerprint density at radius 2 is 1.83 bits per heavy atom. The van der Waals surface area contributed by atoms with Gasteiger partial charge in [0.05, 0.1) is 0 Å². The zero-order chi connectivity index (χ0) is 9.52. The van der Waals surface area contributed by atoms with Crippen molar-refractivity contribution < 1.29 is 25.2 Å². The molecule has 5 unspecified atom stereocenters. The standard InChI is InChI=1S/C6H13NO5/c1-2-6(7,11)4(9)3(8)5(10)12-2/h2-5,8-11H,7H2,1H3. The molecule has 6 nitrogen and oxygen atoms in total. The van der Waals surface area contributed by atoms with Crippen LogP contribution in [-0.2, 0) is 4.74 Å². The molecule has 0 amide bonds. The zero-order valence-electron chi connectivity index (χ0n) is 6.58. The van der Waals surface area contributed by atoms with Gasteiger partial charge in [-0.05, 0) is 6.92 Å². The minimum atomic E-state index is -2.03. The van der Waals surface area contributed by atoms with Crippen molar-refractivity contribution in [2.45, 2.75) is 37.3 Å². The molecule has 0 aromatic rings. The minimum Gasteiger partial charge on any atom is -0.386 e. The van der Waals surface area contributed by atoms with Gasteiger partial charge < -0.3 is 25.2 Å². The van der Waals surface area contributed by atoms with Crippen molar-refractivity contribution in [3.63, 3.8) is 0 Å². The van der Waals surface area contributed by atoms with E-state index in [1.54, 1.807) is 0 Å². The molecule has 1 rings (SSSR count). The smallest absolute Gasteiger partial charge is 0.184 e. The monoisotopic (exact) mass is 179 g/mol. The predicted octanol–water partition coefficient (Wildman–Crippen LogP) is -2.91. The number of aliphatic hydroxyl groups is 4. The molecule has 0 aromatic heterocycles. The van der Waals surface area contributed by atoms with Gasteiger partial charge in [-0.15, -0.1) is 0 Å². The second-order valence-corrected chi connectivity index (χ2v) is 2.99. The Bertz CT molecular complexity index is 173. The first-order valence-corrected chi connectivity index (χ1v) is 3.58. The molecule has 1 heterocycles. The summed E-state index contributed by atoms with van der Waals surface area (Å²) in [5.74, 6) is 0. The van der Waals surface area contributed by atoms with Gasteiger partial charge in [0.25, 0.3) is 0 Å². The third-order valence-corrected chi connectivity index (χ3v) is 2.08. The van der Waals surface area contributed by atoms with Crippen LogP contribution in [0.3, 0.4) is 0 Å². The number of nitrogens with two attached hydrogens (primary N) is 1. The first kappa shape index (κ1) is 9.85. The molecule has 1 saturated heterocycles. The van der Waals surface area contributed by atoms with E-state index in [-0.39, 0.29) is 0 Å². The molecular weight excluding hydrogens is 166 g/mol. The second kappa shape index (κ2) is 2.91. The van der Waals surface area contributed by atoms with E-state index in [1.165, 1.54) is 6.92 Å². The van der Waals surface area contributed by atoms with Crippen molar-refractivity contribution in [1.29, 1.82) is 0 Å². The van der Waals surface area contributed by atoms with Gasteiger partial charge >= 0.3 is 0 Å². The fraction of sp³-hybridized carbons (Fsp3) is 1.00. The molecule has 12 heavy (non-hydrogen) atoms. The van der Waals surface area contributed by atoms with Crippen LogP contribution in [0.5, 0.6) is 0 Å². The number of hydrogen-bond donors (Lipinski definition) is 5. The highest BCUT2D eigenvalue weighted by Gasteiger charge is 2.50. The summed E-state index contributed by atoms with van der Waals surface area (Å²) in [5.41, 5.74) is 3.20. The first-order chi connectivity index (χ1) is 5.37. The number of aliphatic hydroxyl groups excluding tert-OH is 3. The van der Waals surface area contributed by atoms with Crippen molar-refractivity contribution in [3.05, 3.63) is 0 Å². The third kappa shape index (κ3) is 1.33. The molecular formula is C6H13NO5. The molecule has 0 aromatic carbocycles. The lowest BCUT2D eigenvalue weighted by Crippen LogP contribution is -2.69. The van der Waals surface area contributed by atoms with Crippen LogP contribution >= 0.6 is 0 Å². The van der Waals surface area contributed by atoms with Gasteiger partial charge in [-0.2, -0.15) is 0 Å². The van der Waals surface area contributed by atoms with Crippen LogP contribution in [0.4, 0.5) is 0 Å². The SMILES string of the molecule is CC1OC(O)C(O)C(O)C1(N)O. The lowest BCUT2D eigenvalue weighted by atomic mass is 9.94. The summed E-state index contributed by atoms with van der Waals surface area (Å²) in [4.78, 5) is 0. The summed E-state index contributed by atoms with van der Waals surface area (Å²) in [6.45, 7) is 1.39. The zero-order valence-corrected chi connectivity index (χ0v) is 6.58. The van der Waals surface area contributed by atoms with E-state index in [1.807, 2.05) is 0 Å². The van der Waals surface area contributed by atoms with Crippen molar-refractivity contribution in [2.24, 2.45) is 5.73 Å². The van der Waals surface area contributed by atoms with Gasteiger partial charge in [-0.25, -0.2) is 0 Å². The molecule has 0 spiro atoms. The van der Waals surface area contributed by atoms with E-state index in [0.29, 0.717) is 0 Å². The third-order valence-electron chi connectivity index (χ3n) is 2.08. The second-order valence-electron chi connectivity index (χ2n) is 2.99. The molecule has 0 aliphatic carbocycles. The maximum atomic E-state index is 9.33. The van der Waals surface area contributed by atoms with Gasteiger partial charge in [0.15, 0.2) is 12.0 Å². The summed E-state index contributed by atoms with van der Waals surface area (Å²) in [7, 11) is 0. The fourth-order valence-electron chi connectivity index (χ4n) is 1.07. The van der Waals surface area contributed by atoms with Crippen LogP contribution in [0.2, 0.25) is 0 Å². The Kier molecular flexibility index (Phi) is 2.39. The molecule has 6 N–H and O–H groups in total. The Labute approximate surface area is 69.2 Å². The summed E-state index contributed by atoms with van der Waals surface area (Å²) in [6.07, 6.45) is -5.66. The Morgan fingerprint density at radius 3 is 2.33 bits per heavy atom. The van der Waals surface area contributed by atoms with Gasteiger partial charge in [-0.1, -0.05) is 0 Å². The molecule has 6 heteroatoms. The van der Waals surface area contributed by atoms with Crippen LogP contribution in [0.1, 0.15) is 6.92 Å². The molecule has 1 aliphatic rings. The van der Waals surface area contributed by atoms with E-state index in [4.69, 9.17) is 15.9 Å². The van der Waals surface area contributed by atoms with E-state index in [9.17, 15) is 10.2 Å². The van der Waals surface area contributed by atoms with Gasteiger partial charge in [0.1, 0.15) is 18.3 Å². The predicted molar refractivity (Wildman–Crippen MR) is 37.7 cm³/mol. The summed E-state index contributed by atoms with van der Waals surface area (Å²) in [5, 5.41) is 36.5. The number of rotatable bonds is 0. The Hall–Kier alpha value is -0.240. The van der Waals surface area contributed by atoms with Crippen molar-refractivity contribution in [3.8, 4) is 0 Å². The summed E-state index contributed by atoms with van der Waals surface area (Å²) >= 11 is 0. The Morgan fingerprint density at radius 1 is 1.33 bits per heavy atom. The molecule has 0 bridgehead atoms. The maximum Gasteiger partial charge on any atom is 0.184 e. The highest BCUT2D eigenvalue weighted by Crippen LogP contribution is 2.24. The summed E-state index contributed by atoms with van der Waals surface area (Å²) in [6, 6.07) is 0. The lowest BCUT2D eigenvalue weighted by Gasteiger charge is -2.43. The normalized spacial score (nSPS) is 55.5. The van der Waals surface area contributed by atoms with E-state index >= 15 is 0 Å². The largest absolute Gasteiger partial charge is 0.386 e. The van der Waals surface area contributed by atoms with Crippen LogP contribution in [-0.4, -0.2) is 50.8 Å². The molecule has 5 atom stereocenters. The van der Waals surface area contributed by atoms with Crippen LogP contribution in [0.25, 0.3) is 0 Å². The maximum absolute atomic E-state index is 9.33. The Balaban J connectivity index is 2.80.